The number of carbonyl (C=O) groups excluding carboxylic acids is 1. The minimum atomic E-state index is -0.160. The molecule has 102 valence electrons. The second kappa shape index (κ2) is 9.42. The number of nitrogens with one attached hydrogen (secondary N) is 1. The average molecular weight is 244 g/mol. The van der Waals surface area contributed by atoms with E-state index in [0.29, 0.717) is 19.0 Å². The van der Waals surface area contributed by atoms with Crippen molar-refractivity contribution < 1.29 is 9.90 Å². The number of unbranched alkanes of at least 4 members (excludes halogenated alkanes) is 1. The summed E-state index contributed by atoms with van der Waals surface area (Å²) in [6.45, 7) is 10.4. The van der Waals surface area contributed by atoms with E-state index in [1.54, 1.807) is 0 Å². The van der Waals surface area contributed by atoms with Crippen LogP contribution in [0.1, 0.15) is 40.5 Å². The Hall–Kier alpha value is -0.610. The van der Waals surface area contributed by atoms with Gasteiger partial charge in [0.1, 0.15) is 0 Å². The Bertz CT molecular complexity index is 208. The summed E-state index contributed by atoms with van der Waals surface area (Å²) in [6.07, 6.45) is 2.16. The van der Waals surface area contributed by atoms with Gasteiger partial charge < -0.3 is 10.4 Å². The molecule has 0 bridgehead atoms. The topological polar surface area (TPSA) is 52.6 Å². The van der Waals surface area contributed by atoms with Crippen molar-refractivity contribution in [2.45, 2.75) is 46.6 Å². The highest BCUT2D eigenvalue weighted by atomic mass is 16.3. The molecule has 0 aromatic heterocycles. The summed E-state index contributed by atoms with van der Waals surface area (Å²) in [5.74, 6) is 0.524. The Kier molecular flexibility index (Phi) is 9.09. The first kappa shape index (κ1) is 16.4. The minimum absolute atomic E-state index is 0.0586. The van der Waals surface area contributed by atoms with Gasteiger partial charge in [0.2, 0.25) is 5.91 Å². The fourth-order valence-electron chi connectivity index (χ4n) is 1.61. The monoisotopic (exact) mass is 244 g/mol. The Morgan fingerprint density at radius 1 is 1.29 bits per heavy atom. The predicted octanol–water partition coefficient (Wildman–Crippen LogP) is 1.24. The van der Waals surface area contributed by atoms with Gasteiger partial charge in [-0.1, -0.05) is 27.2 Å². The summed E-state index contributed by atoms with van der Waals surface area (Å²) in [5.41, 5.74) is 0. The van der Waals surface area contributed by atoms with Gasteiger partial charge in [0.25, 0.3) is 0 Å². The molecular weight excluding hydrogens is 216 g/mol. The Morgan fingerprint density at radius 2 is 1.94 bits per heavy atom. The Balaban J connectivity index is 4.17. The number of nitrogens with zero attached hydrogens (tertiary/aromatic N) is 1. The van der Waals surface area contributed by atoms with Crippen molar-refractivity contribution in [1.29, 1.82) is 0 Å². The molecule has 1 unspecified atom stereocenters. The lowest BCUT2D eigenvalue weighted by atomic mass is 10.2. The van der Waals surface area contributed by atoms with Crippen molar-refractivity contribution >= 4 is 5.91 Å². The van der Waals surface area contributed by atoms with Gasteiger partial charge in [0.15, 0.2) is 0 Å². The van der Waals surface area contributed by atoms with Gasteiger partial charge in [0.05, 0.1) is 12.6 Å². The molecule has 0 aliphatic rings. The molecule has 0 spiro atoms. The first-order valence-electron chi connectivity index (χ1n) is 6.65. The van der Waals surface area contributed by atoms with Crippen LogP contribution in [0.15, 0.2) is 0 Å². The largest absolute Gasteiger partial charge is 0.395 e. The molecule has 4 heteroatoms. The Labute approximate surface area is 105 Å². The maximum atomic E-state index is 11.9. The van der Waals surface area contributed by atoms with Gasteiger partial charge >= 0.3 is 0 Å². The van der Waals surface area contributed by atoms with Crippen LogP contribution < -0.4 is 5.32 Å². The molecule has 0 saturated carbocycles. The molecule has 0 fully saturated rings. The summed E-state index contributed by atoms with van der Waals surface area (Å²) >= 11 is 0. The second-order valence-corrected chi connectivity index (χ2v) is 4.93. The number of rotatable bonds is 9. The molecule has 17 heavy (non-hydrogen) atoms. The lowest BCUT2D eigenvalue weighted by Gasteiger charge is -2.27. The smallest absolute Gasteiger partial charge is 0.237 e. The van der Waals surface area contributed by atoms with Crippen molar-refractivity contribution in [3.05, 3.63) is 0 Å². The normalized spacial score (nSPS) is 13.1. The van der Waals surface area contributed by atoms with Crippen molar-refractivity contribution in [3.8, 4) is 0 Å². The van der Waals surface area contributed by atoms with Crippen molar-refractivity contribution in [2.75, 3.05) is 26.2 Å². The first-order valence-corrected chi connectivity index (χ1v) is 6.65. The van der Waals surface area contributed by atoms with Gasteiger partial charge in [-0.25, -0.2) is 0 Å². The van der Waals surface area contributed by atoms with Crippen LogP contribution in [0.4, 0.5) is 0 Å². The summed E-state index contributed by atoms with van der Waals surface area (Å²) in [7, 11) is 0. The average Bonchev–Trinajstić information content (AvgIpc) is 2.30. The lowest BCUT2D eigenvalue weighted by Crippen LogP contribution is -2.47. The molecular formula is C13H28N2O2. The lowest BCUT2D eigenvalue weighted by molar-refractivity contribution is -0.126. The van der Waals surface area contributed by atoms with E-state index in [0.717, 1.165) is 19.4 Å². The van der Waals surface area contributed by atoms with Crippen molar-refractivity contribution in [2.24, 2.45) is 5.92 Å². The standard InChI is InChI=1S/C13H28N2O2/c1-5-6-7-15(8-9-16)12(4)13(17)14-10-11(2)3/h11-12,16H,5-10H2,1-4H3,(H,14,17). The number of aliphatic hydroxyl groups is 1. The Morgan fingerprint density at radius 3 is 2.41 bits per heavy atom. The van der Waals surface area contributed by atoms with Gasteiger partial charge in [-0.3, -0.25) is 9.69 Å². The van der Waals surface area contributed by atoms with Crippen LogP contribution in [0.2, 0.25) is 0 Å². The fourth-order valence-corrected chi connectivity index (χ4v) is 1.61. The fraction of sp³-hybridized carbons (Fsp3) is 0.923. The molecule has 0 aromatic carbocycles. The van der Waals surface area contributed by atoms with Gasteiger partial charge in [-0.05, 0) is 25.8 Å². The summed E-state index contributed by atoms with van der Waals surface area (Å²) in [4.78, 5) is 13.9. The molecule has 4 nitrogen and oxygen atoms in total. The van der Waals surface area contributed by atoms with Gasteiger partial charge in [0, 0.05) is 13.1 Å². The van der Waals surface area contributed by atoms with E-state index in [4.69, 9.17) is 5.11 Å². The molecule has 2 N–H and O–H groups in total. The van der Waals surface area contributed by atoms with Gasteiger partial charge in [-0.15, -0.1) is 0 Å². The maximum absolute atomic E-state index is 11.9. The molecule has 1 amide bonds. The van der Waals surface area contributed by atoms with E-state index in [9.17, 15) is 4.79 Å². The SMILES string of the molecule is CCCCN(CCO)C(C)C(=O)NCC(C)C. The van der Waals surface area contributed by atoms with E-state index in [-0.39, 0.29) is 18.6 Å². The molecule has 0 saturated heterocycles. The zero-order valence-electron chi connectivity index (χ0n) is 11.7. The second-order valence-electron chi connectivity index (χ2n) is 4.93. The van der Waals surface area contributed by atoms with Crippen LogP contribution in [0, 0.1) is 5.92 Å². The first-order chi connectivity index (χ1) is 8.02. The molecule has 0 radical (unpaired) electrons. The molecule has 0 aliphatic heterocycles. The maximum Gasteiger partial charge on any atom is 0.237 e. The molecule has 0 aromatic rings. The predicted molar refractivity (Wildman–Crippen MR) is 70.9 cm³/mol. The molecule has 0 rings (SSSR count). The van der Waals surface area contributed by atoms with Crippen molar-refractivity contribution in [3.63, 3.8) is 0 Å². The number of carbonyl (C=O) groups is 1. The third kappa shape index (κ3) is 7.34. The van der Waals surface area contributed by atoms with Crippen LogP contribution in [0.25, 0.3) is 0 Å². The summed E-state index contributed by atoms with van der Waals surface area (Å²) in [6, 6.07) is -0.160. The van der Waals surface area contributed by atoms with Crippen LogP contribution >= 0.6 is 0 Å². The van der Waals surface area contributed by atoms with E-state index < -0.39 is 0 Å². The number of hydrogen-bond acceptors (Lipinski definition) is 3. The zero-order chi connectivity index (χ0) is 13.3. The highest BCUT2D eigenvalue weighted by molar-refractivity contribution is 5.81. The number of aliphatic hydroxyl groups excluding tert-OH is 1. The van der Waals surface area contributed by atoms with E-state index in [2.05, 4.69) is 26.1 Å². The molecule has 0 aliphatic carbocycles. The van der Waals surface area contributed by atoms with Crippen molar-refractivity contribution in [1.82, 2.24) is 10.2 Å². The zero-order valence-corrected chi connectivity index (χ0v) is 11.7. The van der Waals surface area contributed by atoms with E-state index in [1.165, 1.54) is 0 Å². The molecule has 0 heterocycles. The van der Waals surface area contributed by atoms with E-state index >= 15 is 0 Å². The third-order valence-corrected chi connectivity index (χ3v) is 2.80. The van der Waals surface area contributed by atoms with Crippen LogP contribution in [-0.2, 0) is 4.79 Å². The van der Waals surface area contributed by atoms with Crippen LogP contribution in [0.5, 0.6) is 0 Å². The summed E-state index contributed by atoms with van der Waals surface area (Å²) in [5, 5.41) is 11.9. The highest BCUT2D eigenvalue weighted by Crippen LogP contribution is 2.02. The van der Waals surface area contributed by atoms with E-state index in [1.807, 2.05) is 11.8 Å². The third-order valence-electron chi connectivity index (χ3n) is 2.80. The highest BCUT2D eigenvalue weighted by Gasteiger charge is 2.20. The van der Waals surface area contributed by atoms with Crippen LogP contribution in [0.3, 0.4) is 0 Å². The number of amides is 1. The number of hydrogen-bond donors (Lipinski definition) is 2. The molecule has 1 atom stereocenters. The quantitative estimate of drug-likeness (QED) is 0.641. The minimum Gasteiger partial charge on any atom is -0.395 e. The van der Waals surface area contributed by atoms with Gasteiger partial charge in [-0.2, -0.15) is 0 Å². The summed E-state index contributed by atoms with van der Waals surface area (Å²) < 4.78 is 0. The van der Waals surface area contributed by atoms with Crippen LogP contribution in [-0.4, -0.2) is 48.2 Å².